The van der Waals surface area contributed by atoms with Gasteiger partial charge in [0.25, 0.3) is 0 Å². The first-order valence-corrected chi connectivity index (χ1v) is 7.23. The molecule has 1 N–H and O–H groups in total. The number of hydrogen-bond acceptors (Lipinski definition) is 3. The van der Waals surface area contributed by atoms with Crippen LogP contribution in [0, 0.1) is 6.92 Å². The quantitative estimate of drug-likeness (QED) is 0.908. The fourth-order valence-corrected chi connectivity index (χ4v) is 2.47. The number of pyridine rings is 1. The Morgan fingerprint density at radius 1 is 1.26 bits per heavy atom. The fourth-order valence-electron chi connectivity index (χ4n) is 1.70. The molecule has 1 aromatic carbocycles. The van der Waals surface area contributed by atoms with Crippen molar-refractivity contribution in [3.63, 3.8) is 0 Å². The smallest absolute Gasteiger partial charge is 0.234 e. The van der Waals surface area contributed by atoms with Gasteiger partial charge in [-0.3, -0.25) is 9.78 Å². The van der Waals surface area contributed by atoms with E-state index in [0.717, 1.165) is 11.4 Å². The predicted molar refractivity (Wildman–Crippen MR) is 80.2 cm³/mol. The number of benzene rings is 1. The second-order valence-electron chi connectivity index (χ2n) is 4.27. The lowest BCUT2D eigenvalue weighted by Gasteiger charge is -2.05. The summed E-state index contributed by atoms with van der Waals surface area (Å²) in [5.41, 5.74) is 3.29. The van der Waals surface area contributed by atoms with Gasteiger partial charge in [-0.15, -0.1) is 11.8 Å². The van der Waals surface area contributed by atoms with Gasteiger partial charge in [0, 0.05) is 23.8 Å². The molecule has 0 bridgehead atoms. The molecular weight excluding hydrogens is 256 g/mol. The number of carbonyl (C=O) groups excluding carboxylic acids is 1. The number of aryl methyl sites for hydroxylation is 1. The largest absolute Gasteiger partial charge is 0.325 e. The molecule has 0 spiro atoms. The minimum Gasteiger partial charge on any atom is -0.325 e. The van der Waals surface area contributed by atoms with E-state index in [1.54, 1.807) is 36.3 Å². The summed E-state index contributed by atoms with van der Waals surface area (Å²) < 4.78 is 0. The first-order valence-electron chi connectivity index (χ1n) is 6.07. The van der Waals surface area contributed by atoms with E-state index in [4.69, 9.17) is 0 Å². The SMILES string of the molecule is Cc1cccc(CSCC(=O)Nc2ccncc2)c1. The normalized spacial score (nSPS) is 10.2. The molecule has 2 rings (SSSR count). The second-order valence-corrected chi connectivity index (χ2v) is 5.25. The van der Waals surface area contributed by atoms with Crippen LogP contribution in [0.2, 0.25) is 0 Å². The highest BCUT2D eigenvalue weighted by molar-refractivity contribution is 7.99. The molecule has 19 heavy (non-hydrogen) atoms. The molecule has 0 saturated heterocycles. The molecule has 4 heteroatoms. The minimum absolute atomic E-state index is 0.0175. The molecule has 2 aromatic rings. The van der Waals surface area contributed by atoms with E-state index in [9.17, 15) is 4.79 Å². The maximum absolute atomic E-state index is 11.7. The Kier molecular flexibility index (Phi) is 4.98. The summed E-state index contributed by atoms with van der Waals surface area (Å²) in [5.74, 6) is 1.32. The van der Waals surface area contributed by atoms with Crippen molar-refractivity contribution in [1.82, 2.24) is 4.98 Å². The molecule has 0 saturated carbocycles. The van der Waals surface area contributed by atoms with E-state index in [0.29, 0.717) is 5.75 Å². The molecule has 1 aromatic heterocycles. The standard InChI is InChI=1S/C15H16N2OS/c1-12-3-2-4-13(9-12)10-19-11-15(18)17-14-5-7-16-8-6-14/h2-9H,10-11H2,1H3,(H,16,17,18). The van der Waals surface area contributed by atoms with Crippen LogP contribution in [0.1, 0.15) is 11.1 Å². The van der Waals surface area contributed by atoms with Crippen LogP contribution in [-0.2, 0) is 10.5 Å². The topological polar surface area (TPSA) is 42.0 Å². The summed E-state index contributed by atoms with van der Waals surface area (Å²) in [7, 11) is 0. The Hall–Kier alpha value is -1.81. The van der Waals surface area contributed by atoms with Crippen molar-refractivity contribution in [3.8, 4) is 0 Å². The monoisotopic (exact) mass is 272 g/mol. The molecule has 0 aliphatic rings. The fraction of sp³-hybridized carbons (Fsp3) is 0.200. The summed E-state index contributed by atoms with van der Waals surface area (Å²) in [5, 5.41) is 2.84. The molecule has 3 nitrogen and oxygen atoms in total. The molecule has 0 unspecified atom stereocenters. The maximum atomic E-state index is 11.7. The van der Waals surface area contributed by atoms with Gasteiger partial charge in [-0.1, -0.05) is 29.8 Å². The highest BCUT2D eigenvalue weighted by Crippen LogP contribution is 2.14. The molecule has 1 heterocycles. The van der Waals surface area contributed by atoms with E-state index < -0.39 is 0 Å². The lowest BCUT2D eigenvalue weighted by Crippen LogP contribution is -2.14. The molecule has 0 aliphatic heterocycles. The van der Waals surface area contributed by atoms with E-state index in [-0.39, 0.29) is 5.91 Å². The number of carbonyl (C=O) groups is 1. The molecule has 0 atom stereocenters. The number of thioether (sulfide) groups is 1. The van der Waals surface area contributed by atoms with Crippen LogP contribution < -0.4 is 5.32 Å². The zero-order valence-corrected chi connectivity index (χ0v) is 11.6. The summed E-state index contributed by atoms with van der Waals surface area (Å²) in [4.78, 5) is 15.6. The van der Waals surface area contributed by atoms with E-state index in [2.05, 4.69) is 35.4 Å². The molecule has 1 amide bonds. The van der Waals surface area contributed by atoms with Crippen molar-refractivity contribution in [1.29, 1.82) is 0 Å². The molecule has 98 valence electrons. The number of anilines is 1. The van der Waals surface area contributed by atoms with Crippen molar-refractivity contribution in [2.24, 2.45) is 0 Å². The Morgan fingerprint density at radius 2 is 2.05 bits per heavy atom. The van der Waals surface area contributed by atoms with Gasteiger partial charge in [-0.2, -0.15) is 0 Å². The molecular formula is C15H16N2OS. The number of rotatable bonds is 5. The number of nitrogens with zero attached hydrogens (tertiary/aromatic N) is 1. The Morgan fingerprint density at radius 3 is 2.79 bits per heavy atom. The van der Waals surface area contributed by atoms with Crippen LogP contribution in [0.5, 0.6) is 0 Å². The average molecular weight is 272 g/mol. The summed E-state index contributed by atoms with van der Waals surface area (Å²) >= 11 is 1.61. The van der Waals surface area contributed by atoms with Crippen molar-refractivity contribution in [2.45, 2.75) is 12.7 Å². The maximum Gasteiger partial charge on any atom is 0.234 e. The van der Waals surface area contributed by atoms with E-state index >= 15 is 0 Å². The van der Waals surface area contributed by atoms with Gasteiger partial charge in [0.1, 0.15) is 0 Å². The lowest BCUT2D eigenvalue weighted by molar-refractivity contribution is -0.113. The predicted octanol–water partition coefficient (Wildman–Crippen LogP) is 3.26. The van der Waals surface area contributed by atoms with Crippen molar-refractivity contribution in [3.05, 3.63) is 59.9 Å². The van der Waals surface area contributed by atoms with Crippen molar-refractivity contribution < 1.29 is 4.79 Å². The zero-order valence-electron chi connectivity index (χ0n) is 10.8. The first-order chi connectivity index (χ1) is 9.24. The lowest BCUT2D eigenvalue weighted by atomic mass is 10.2. The van der Waals surface area contributed by atoms with Crippen LogP contribution in [0.15, 0.2) is 48.8 Å². The molecule has 0 aliphatic carbocycles. The number of nitrogens with one attached hydrogen (secondary N) is 1. The van der Waals surface area contributed by atoms with Gasteiger partial charge in [-0.25, -0.2) is 0 Å². The van der Waals surface area contributed by atoms with Gasteiger partial charge in [0.15, 0.2) is 0 Å². The Bertz CT molecular complexity index is 543. The van der Waals surface area contributed by atoms with Crippen LogP contribution in [0.4, 0.5) is 5.69 Å². The van der Waals surface area contributed by atoms with Crippen LogP contribution in [0.3, 0.4) is 0 Å². The number of amides is 1. The summed E-state index contributed by atoms with van der Waals surface area (Å²) in [6.45, 7) is 2.07. The molecule has 0 fully saturated rings. The van der Waals surface area contributed by atoms with Crippen molar-refractivity contribution >= 4 is 23.4 Å². The van der Waals surface area contributed by atoms with Gasteiger partial charge in [0.05, 0.1) is 5.75 Å². The highest BCUT2D eigenvalue weighted by atomic mass is 32.2. The Balaban J connectivity index is 1.75. The third-order valence-corrected chi connectivity index (χ3v) is 3.55. The average Bonchev–Trinajstić information content (AvgIpc) is 2.40. The van der Waals surface area contributed by atoms with Gasteiger partial charge in [-0.05, 0) is 24.6 Å². The number of aromatic nitrogens is 1. The second kappa shape index (κ2) is 6.95. The van der Waals surface area contributed by atoms with Crippen LogP contribution >= 0.6 is 11.8 Å². The van der Waals surface area contributed by atoms with Gasteiger partial charge < -0.3 is 5.32 Å². The zero-order chi connectivity index (χ0) is 13.5. The van der Waals surface area contributed by atoms with Gasteiger partial charge >= 0.3 is 0 Å². The summed E-state index contributed by atoms with van der Waals surface area (Å²) in [6, 6.07) is 11.9. The highest BCUT2D eigenvalue weighted by Gasteiger charge is 2.02. The third-order valence-electron chi connectivity index (χ3n) is 2.55. The van der Waals surface area contributed by atoms with Crippen LogP contribution in [-0.4, -0.2) is 16.6 Å². The molecule has 0 radical (unpaired) electrons. The third kappa shape index (κ3) is 4.75. The number of hydrogen-bond donors (Lipinski definition) is 1. The first kappa shape index (κ1) is 13.6. The van der Waals surface area contributed by atoms with E-state index in [1.165, 1.54) is 11.1 Å². The van der Waals surface area contributed by atoms with Crippen LogP contribution in [0.25, 0.3) is 0 Å². The minimum atomic E-state index is 0.0175. The van der Waals surface area contributed by atoms with E-state index in [1.807, 2.05) is 6.07 Å². The van der Waals surface area contributed by atoms with Gasteiger partial charge in [0.2, 0.25) is 5.91 Å². The van der Waals surface area contributed by atoms with Crippen molar-refractivity contribution in [2.75, 3.05) is 11.1 Å². The summed E-state index contributed by atoms with van der Waals surface area (Å²) in [6.07, 6.45) is 3.32. The Labute approximate surface area is 117 Å².